The summed E-state index contributed by atoms with van der Waals surface area (Å²) in [7, 11) is 1.62. The lowest BCUT2D eigenvalue weighted by Gasteiger charge is -2.43. The van der Waals surface area contributed by atoms with Gasteiger partial charge in [0.25, 0.3) is 0 Å². The zero-order chi connectivity index (χ0) is 13.6. The number of hydrogen-bond acceptors (Lipinski definition) is 5. The van der Waals surface area contributed by atoms with Crippen LogP contribution >= 0.6 is 11.8 Å². The minimum atomic E-state index is -0.350. The number of rotatable bonds is 6. The zero-order valence-corrected chi connectivity index (χ0v) is 12.7. The molecule has 0 aromatic heterocycles. The fourth-order valence-corrected chi connectivity index (χ4v) is 4.26. The Labute approximate surface area is 120 Å². The summed E-state index contributed by atoms with van der Waals surface area (Å²) in [5.41, 5.74) is 0.145. The van der Waals surface area contributed by atoms with E-state index in [1.807, 2.05) is 11.8 Å². The summed E-state index contributed by atoms with van der Waals surface area (Å²) >= 11 is 2.04. The van der Waals surface area contributed by atoms with Gasteiger partial charge in [0.2, 0.25) is 0 Å². The number of aliphatic hydroxyl groups excluding tert-OH is 1. The highest BCUT2D eigenvalue weighted by Crippen LogP contribution is 2.37. The Hall–Kier alpha value is 0.190. The fourth-order valence-electron chi connectivity index (χ4n) is 3.02. The van der Waals surface area contributed by atoms with E-state index >= 15 is 0 Å². The molecule has 112 valence electrons. The largest absolute Gasteiger partial charge is 0.391 e. The van der Waals surface area contributed by atoms with Crippen LogP contribution in [0.1, 0.15) is 32.1 Å². The van der Waals surface area contributed by atoms with Crippen LogP contribution in [0.5, 0.6) is 0 Å². The lowest BCUT2D eigenvalue weighted by molar-refractivity contribution is -0.0933. The number of thioether (sulfide) groups is 1. The molecule has 0 amide bonds. The van der Waals surface area contributed by atoms with Crippen LogP contribution in [0.4, 0.5) is 0 Å². The van der Waals surface area contributed by atoms with Gasteiger partial charge in [-0.25, -0.2) is 0 Å². The summed E-state index contributed by atoms with van der Waals surface area (Å²) in [6, 6.07) is 0.548. The average molecular weight is 289 g/mol. The molecule has 4 nitrogen and oxygen atoms in total. The molecule has 1 spiro atoms. The molecule has 2 aliphatic rings. The van der Waals surface area contributed by atoms with Gasteiger partial charge in [-0.2, -0.15) is 11.8 Å². The first-order valence-electron chi connectivity index (χ1n) is 7.36. The minimum Gasteiger partial charge on any atom is -0.391 e. The quantitative estimate of drug-likeness (QED) is 0.774. The van der Waals surface area contributed by atoms with Gasteiger partial charge in [0.15, 0.2) is 0 Å². The van der Waals surface area contributed by atoms with Crippen molar-refractivity contribution in [2.24, 2.45) is 0 Å². The molecule has 0 aromatic rings. The van der Waals surface area contributed by atoms with Gasteiger partial charge in [-0.3, -0.25) is 0 Å². The van der Waals surface area contributed by atoms with E-state index in [4.69, 9.17) is 9.47 Å². The molecule has 0 radical (unpaired) electrons. The van der Waals surface area contributed by atoms with Crippen molar-refractivity contribution in [3.63, 3.8) is 0 Å². The highest BCUT2D eigenvalue weighted by Gasteiger charge is 2.38. The van der Waals surface area contributed by atoms with Crippen LogP contribution in [0.15, 0.2) is 0 Å². The molecule has 2 unspecified atom stereocenters. The molecule has 2 fully saturated rings. The number of methoxy groups -OCH3 is 1. The lowest BCUT2D eigenvalue weighted by atomic mass is 9.85. The smallest absolute Gasteiger partial charge is 0.0785 e. The summed E-state index contributed by atoms with van der Waals surface area (Å²) in [6.07, 6.45) is 5.03. The topological polar surface area (TPSA) is 50.7 Å². The molecular formula is C14H27NO3S. The number of aliphatic hydroxyl groups is 1. The van der Waals surface area contributed by atoms with Gasteiger partial charge in [0.1, 0.15) is 0 Å². The monoisotopic (exact) mass is 289 g/mol. The van der Waals surface area contributed by atoms with E-state index in [2.05, 4.69) is 5.32 Å². The van der Waals surface area contributed by atoms with E-state index < -0.39 is 0 Å². The zero-order valence-electron chi connectivity index (χ0n) is 11.9. The van der Waals surface area contributed by atoms with Crippen molar-refractivity contribution < 1.29 is 14.6 Å². The fraction of sp³-hybridized carbons (Fsp3) is 1.00. The lowest BCUT2D eigenvalue weighted by Crippen LogP contribution is -2.49. The van der Waals surface area contributed by atoms with Crippen LogP contribution in [0.3, 0.4) is 0 Å². The van der Waals surface area contributed by atoms with Gasteiger partial charge in [-0.05, 0) is 50.2 Å². The predicted molar refractivity (Wildman–Crippen MR) is 78.8 cm³/mol. The second kappa shape index (κ2) is 7.84. The van der Waals surface area contributed by atoms with Crippen LogP contribution in [0.2, 0.25) is 0 Å². The Balaban J connectivity index is 1.69. The SMILES string of the molecule is COCC(O)CCNC1CCOC2(CCSCC2)C1. The average Bonchev–Trinajstić information content (AvgIpc) is 2.40. The Kier molecular flexibility index (Phi) is 6.42. The molecule has 5 heteroatoms. The Morgan fingerprint density at radius 2 is 2.26 bits per heavy atom. The van der Waals surface area contributed by atoms with E-state index in [0.29, 0.717) is 12.6 Å². The highest BCUT2D eigenvalue weighted by molar-refractivity contribution is 7.99. The number of hydrogen-bond donors (Lipinski definition) is 2. The summed E-state index contributed by atoms with van der Waals surface area (Å²) in [5, 5.41) is 13.2. The Bertz CT molecular complexity index is 254. The van der Waals surface area contributed by atoms with E-state index in [9.17, 15) is 5.11 Å². The molecule has 2 N–H and O–H groups in total. The number of nitrogens with one attached hydrogen (secondary N) is 1. The van der Waals surface area contributed by atoms with Crippen LogP contribution in [0.25, 0.3) is 0 Å². The van der Waals surface area contributed by atoms with Crippen molar-refractivity contribution in [3.05, 3.63) is 0 Å². The van der Waals surface area contributed by atoms with E-state index in [0.717, 1.165) is 32.4 Å². The first-order chi connectivity index (χ1) is 9.24. The molecular weight excluding hydrogens is 262 g/mol. The molecule has 2 saturated heterocycles. The van der Waals surface area contributed by atoms with Gasteiger partial charge in [-0.15, -0.1) is 0 Å². The molecule has 2 heterocycles. The summed E-state index contributed by atoms with van der Waals surface area (Å²) < 4.78 is 11.0. The molecule has 0 bridgehead atoms. The van der Waals surface area contributed by atoms with Gasteiger partial charge >= 0.3 is 0 Å². The van der Waals surface area contributed by atoms with Crippen molar-refractivity contribution in [3.8, 4) is 0 Å². The highest BCUT2D eigenvalue weighted by atomic mass is 32.2. The van der Waals surface area contributed by atoms with Crippen molar-refractivity contribution in [2.45, 2.75) is 49.9 Å². The van der Waals surface area contributed by atoms with Crippen molar-refractivity contribution in [2.75, 3.05) is 38.4 Å². The van der Waals surface area contributed by atoms with Gasteiger partial charge in [0.05, 0.1) is 18.3 Å². The molecule has 19 heavy (non-hydrogen) atoms. The first kappa shape index (κ1) is 15.6. The van der Waals surface area contributed by atoms with Gasteiger partial charge < -0.3 is 19.9 Å². The van der Waals surface area contributed by atoms with Crippen LogP contribution in [-0.4, -0.2) is 61.2 Å². The van der Waals surface area contributed by atoms with Gasteiger partial charge in [0, 0.05) is 19.8 Å². The Morgan fingerprint density at radius 1 is 1.47 bits per heavy atom. The van der Waals surface area contributed by atoms with Crippen LogP contribution in [0, 0.1) is 0 Å². The van der Waals surface area contributed by atoms with Crippen LogP contribution in [-0.2, 0) is 9.47 Å². The number of ether oxygens (including phenoxy) is 2. The van der Waals surface area contributed by atoms with Crippen molar-refractivity contribution in [1.29, 1.82) is 0 Å². The van der Waals surface area contributed by atoms with Crippen molar-refractivity contribution in [1.82, 2.24) is 5.32 Å². The normalized spacial score (nSPS) is 28.4. The standard InChI is InChI=1S/C14H27NO3S/c1-17-11-13(16)2-6-15-12-3-7-18-14(10-12)4-8-19-9-5-14/h12-13,15-16H,2-11H2,1H3. The second-order valence-corrected chi connectivity index (χ2v) is 6.91. The van der Waals surface area contributed by atoms with Crippen LogP contribution < -0.4 is 5.32 Å². The van der Waals surface area contributed by atoms with E-state index in [1.165, 1.54) is 24.3 Å². The maximum Gasteiger partial charge on any atom is 0.0785 e. The predicted octanol–water partition coefficient (Wildman–Crippen LogP) is 1.42. The minimum absolute atomic E-state index is 0.145. The summed E-state index contributed by atoms with van der Waals surface area (Å²) in [5.74, 6) is 2.47. The molecule has 0 saturated carbocycles. The molecule has 2 atom stereocenters. The third-order valence-electron chi connectivity index (χ3n) is 4.17. The molecule has 2 rings (SSSR count). The van der Waals surface area contributed by atoms with E-state index in [-0.39, 0.29) is 11.7 Å². The molecule has 0 aromatic carbocycles. The van der Waals surface area contributed by atoms with Crippen molar-refractivity contribution >= 4 is 11.8 Å². The third kappa shape index (κ3) is 4.90. The Morgan fingerprint density at radius 3 is 3.00 bits per heavy atom. The maximum absolute atomic E-state index is 9.63. The van der Waals surface area contributed by atoms with E-state index in [1.54, 1.807) is 7.11 Å². The second-order valence-electron chi connectivity index (χ2n) is 5.69. The van der Waals surface area contributed by atoms with Gasteiger partial charge in [-0.1, -0.05) is 0 Å². The molecule has 2 aliphatic heterocycles. The summed E-state index contributed by atoms with van der Waals surface area (Å²) in [6.45, 7) is 2.17. The third-order valence-corrected chi connectivity index (χ3v) is 5.15. The summed E-state index contributed by atoms with van der Waals surface area (Å²) in [4.78, 5) is 0. The first-order valence-corrected chi connectivity index (χ1v) is 8.52. The molecule has 0 aliphatic carbocycles. The maximum atomic E-state index is 9.63.